The van der Waals surface area contributed by atoms with Crippen molar-refractivity contribution in [3.05, 3.63) is 100 Å². The van der Waals surface area contributed by atoms with Crippen LogP contribution < -0.4 is 9.64 Å². The van der Waals surface area contributed by atoms with Crippen LogP contribution in [0.5, 0.6) is 5.75 Å². The fraction of sp³-hybridized carbons (Fsp3) is 0.154. The molecule has 6 heteroatoms. The molecule has 0 radical (unpaired) electrons. The number of hydrogen-bond donors (Lipinski definition) is 1. The molecule has 4 rings (SSSR count). The minimum atomic E-state index is -0.824. The molecule has 3 aromatic carbocycles. The van der Waals surface area contributed by atoms with Crippen LogP contribution in [0.4, 0.5) is 5.69 Å². The molecule has 1 atom stereocenters. The fourth-order valence-electron chi connectivity index (χ4n) is 3.96. The number of carbonyl (C=O) groups excluding carboxylic acids is 2. The van der Waals surface area contributed by atoms with Gasteiger partial charge in [-0.15, -0.1) is 0 Å². The van der Waals surface area contributed by atoms with E-state index in [0.717, 1.165) is 5.56 Å². The molecule has 1 unspecified atom stereocenters. The maximum Gasteiger partial charge on any atom is 0.300 e. The Kier molecular flexibility index (Phi) is 6.01. The molecule has 162 valence electrons. The number of rotatable bonds is 5. The Bertz CT molecular complexity index is 1230. The van der Waals surface area contributed by atoms with E-state index in [1.54, 1.807) is 42.5 Å². The van der Waals surface area contributed by atoms with Crippen molar-refractivity contribution in [1.29, 1.82) is 0 Å². The summed E-state index contributed by atoms with van der Waals surface area (Å²) in [4.78, 5) is 27.9. The summed E-state index contributed by atoms with van der Waals surface area (Å²) < 4.78 is 5.64. The molecule has 0 saturated carbocycles. The topological polar surface area (TPSA) is 66.8 Å². The van der Waals surface area contributed by atoms with E-state index in [2.05, 4.69) is 0 Å². The number of aryl methyl sites for hydroxylation is 1. The number of aliphatic hydroxyl groups is 1. The van der Waals surface area contributed by atoms with Crippen LogP contribution in [0.2, 0.25) is 5.02 Å². The summed E-state index contributed by atoms with van der Waals surface area (Å²) in [6, 6.07) is 20.3. The average molecular weight is 448 g/mol. The van der Waals surface area contributed by atoms with E-state index >= 15 is 0 Å². The molecule has 1 amide bonds. The van der Waals surface area contributed by atoms with Gasteiger partial charge in [-0.3, -0.25) is 14.5 Å². The van der Waals surface area contributed by atoms with Crippen molar-refractivity contribution in [2.75, 3.05) is 11.5 Å². The van der Waals surface area contributed by atoms with Crippen LogP contribution in [0.15, 0.2) is 78.4 Å². The quantitative estimate of drug-likeness (QED) is 0.310. The van der Waals surface area contributed by atoms with Crippen molar-refractivity contribution in [3.63, 3.8) is 0 Å². The number of anilines is 1. The minimum Gasteiger partial charge on any atom is -0.507 e. The molecule has 1 aliphatic rings. The molecule has 0 aromatic heterocycles. The number of amides is 1. The van der Waals surface area contributed by atoms with Crippen LogP contribution in [0.1, 0.15) is 29.7 Å². The molecule has 3 aromatic rings. The number of halogens is 1. The Balaban J connectivity index is 1.97. The number of carbonyl (C=O) groups is 2. The second kappa shape index (κ2) is 8.89. The van der Waals surface area contributed by atoms with Gasteiger partial charge in [0.05, 0.1) is 18.2 Å². The Morgan fingerprint density at radius 2 is 1.78 bits per heavy atom. The summed E-state index contributed by atoms with van der Waals surface area (Å²) in [5, 5.41) is 11.6. The second-order valence-corrected chi connectivity index (χ2v) is 7.91. The Morgan fingerprint density at radius 1 is 1.03 bits per heavy atom. The average Bonchev–Trinajstić information content (AvgIpc) is 3.05. The molecule has 0 bridgehead atoms. The van der Waals surface area contributed by atoms with Gasteiger partial charge in [-0.05, 0) is 55.3 Å². The molecule has 0 aliphatic carbocycles. The SMILES string of the molecule is CCOc1cccc(C2/C(=C(/O)c3cccc(Cl)c3)C(=O)C(=O)N2c2ccccc2C)c1. The Labute approximate surface area is 191 Å². The van der Waals surface area contributed by atoms with Gasteiger partial charge in [-0.25, -0.2) is 0 Å². The van der Waals surface area contributed by atoms with E-state index in [1.807, 2.05) is 44.2 Å². The van der Waals surface area contributed by atoms with E-state index < -0.39 is 17.7 Å². The van der Waals surface area contributed by atoms with Crippen LogP contribution in [-0.2, 0) is 9.59 Å². The highest BCUT2D eigenvalue weighted by Crippen LogP contribution is 2.43. The van der Waals surface area contributed by atoms with Crippen molar-refractivity contribution >= 4 is 34.7 Å². The first-order valence-electron chi connectivity index (χ1n) is 10.3. The predicted octanol–water partition coefficient (Wildman–Crippen LogP) is 5.67. The van der Waals surface area contributed by atoms with E-state index in [0.29, 0.717) is 34.2 Å². The van der Waals surface area contributed by atoms with Gasteiger partial charge < -0.3 is 9.84 Å². The highest BCUT2D eigenvalue weighted by Gasteiger charge is 2.47. The Hall–Kier alpha value is -3.57. The monoisotopic (exact) mass is 447 g/mol. The van der Waals surface area contributed by atoms with Crippen LogP contribution in [0, 0.1) is 6.92 Å². The molecule has 0 spiro atoms. The van der Waals surface area contributed by atoms with Gasteiger partial charge in [0.1, 0.15) is 11.5 Å². The van der Waals surface area contributed by atoms with E-state index in [-0.39, 0.29) is 11.3 Å². The highest BCUT2D eigenvalue weighted by molar-refractivity contribution is 6.51. The number of ketones is 1. The number of Topliss-reactive ketones (excluding diaryl/α,β-unsaturated/α-hetero) is 1. The van der Waals surface area contributed by atoms with Crippen molar-refractivity contribution in [3.8, 4) is 5.75 Å². The predicted molar refractivity (Wildman–Crippen MR) is 125 cm³/mol. The standard InChI is InChI=1S/C26H22ClNO4/c1-3-32-20-12-7-9-17(15-20)23-22(24(29)18-10-6-11-19(27)14-18)25(30)26(31)28(23)21-13-5-4-8-16(21)2/h4-15,23,29H,3H2,1-2H3/b24-22-. The molecule has 1 saturated heterocycles. The van der Waals surface area contributed by atoms with E-state index in [9.17, 15) is 14.7 Å². The van der Waals surface area contributed by atoms with Crippen LogP contribution in [-0.4, -0.2) is 23.4 Å². The summed E-state index contributed by atoms with van der Waals surface area (Å²) >= 11 is 6.10. The van der Waals surface area contributed by atoms with Crippen molar-refractivity contribution < 1.29 is 19.4 Å². The van der Waals surface area contributed by atoms with Gasteiger partial charge in [-0.2, -0.15) is 0 Å². The molecule has 1 aliphatic heterocycles. The lowest BCUT2D eigenvalue weighted by atomic mass is 9.94. The van der Waals surface area contributed by atoms with Gasteiger partial charge in [-0.1, -0.05) is 54.1 Å². The number of benzene rings is 3. The lowest BCUT2D eigenvalue weighted by molar-refractivity contribution is -0.132. The van der Waals surface area contributed by atoms with Crippen molar-refractivity contribution in [2.24, 2.45) is 0 Å². The first-order valence-corrected chi connectivity index (χ1v) is 10.7. The summed E-state index contributed by atoms with van der Waals surface area (Å²) in [7, 11) is 0. The summed E-state index contributed by atoms with van der Waals surface area (Å²) in [5.41, 5.74) is 2.47. The molecule has 1 heterocycles. The van der Waals surface area contributed by atoms with Crippen molar-refractivity contribution in [1.82, 2.24) is 0 Å². The number of hydrogen-bond acceptors (Lipinski definition) is 4. The number of ether oxygens (including phenoxy) is 1. The molecular weight excluding hydrogens is 426 g/mol. The number of nitrogens with zero attached hydrogens (tertiary/aromatic N) is 1. The lowest BCUT2D eigenvalue weighted by Gasteiger charge is -2.27. The third-order valence-electron chi connectivity index (χ3n) is 5.40. The molecule has 5 nitrogen and oxygen atoms in total. The lowest BCUT2D eigenvalue weighted by Crippen LogP contribution is -2.30. The smallest absolute Gasteiger partial charge is 0.300 e. The van der Waals surface area contributed by atoms with Gasteiger partial charge >= 0.3 is 0 Å². The van der Waals surface area contributed by atoms with Gasteiger partial charge in [0, 0.05) is 16.3 Å². The largest absolute Gasteiger partial charge is 0.507 e. The van der Waals surface area contributed by atoms with Crippen molar-refractivity contribution in [2.45, 2.75) is 19.9 Å². The minimum absolute atomic E-state index is 0.00849. The molecule has 1 fully saturated rings. The Morgan fingerprint density at radius 3 is 2.50 bits per heavy atom. The third kappa shape index (κ3) is 3.87. The summed E-state index contributed by atoms with van der Waals surface area (Å²) in [6.07, 6.45) is 0. The van der Waals surface area contributed by atoms with Crippen LogP contribution >= 0.6 is 11.6 Å². The van der Waals surface area contributed by atoms with E-state index in [1.165, 1.54) is 4.90 Å². The van der Waals surface area contributed by atoms with Crippen LogP contribution in [0.25, 0.3) is 5.76 Å². The van der Waals surface area contributed by atoms with Gasteiger partial charge in [0.25, 0.3) is 11.7 Å². The summed E-state index contributed by atoms with van der Waals surface area (Å²) in [5.74, 6) is -1.11. The van der Waals surface area contributed by atoms with Gasteiger partial charge in [0.2, 0.25) is 0 Å². The summed E-state index contributed by atoms with van der Waals surface area (Å²) in [6.45, 7) is 4.23. The maximum atomic E-state index is 13.2. The van der Waals surface area contributed by atoms with E-state index in [4.69, 9.17) is 16.3 Å². The number of aliphatic hydroxyl groups excluding tert-OH is 1. The van der Waals surface area contributed by atoms with Crippen LogP contribution in [0.3, 0.4) is 0 Å². The maximum absolute atomic E-state index is 13.2. The molecular formula is C26H22ClNO4. The highest BCUT2D eigenvalue weighted by atomic mass is 35.5. The van der Waals surface area contributed by atoms with Gasteiger partial charge in [0.15, 0.2) is 0 Å². The fourth-order valence-corrected chi connectivity index (χ4v) is 4.15. The number of para-hydroxylation sites is 1. The zero-order valence-corrected chi connectivity index (χ0v) is 18.5. The normalized spacial score (nSPS) is 17.6. The first-order chi connectivity index (χ1) is 15.4. The third-order valence-corrected chi connectivity index (χ3v) is 5.64. The molecule has 32 heavy (non-hydrogen) atoms. The zero-order chi connectivity index (χ0) is 22.8. The second-order valence-electron chi connectivity index (χ2n) is 7.47. The zero-order valence-electron chi connectivity index (χ0n) is 17.7. The molecule has 1 N–H and O–H groups in total. The first kappa shape index (κ1) is 21.7.